The van der Waals surface area contributed by atoms with E-state index in [1.54, 1.807) is 44.9 Å². The van der Waals surface area contributed by atoms with E-state index in [1.807, 2.05) is 0 Å². The number of nitrogens with zero attached hydrogens (tertiary/aromatic N) is 1. The van der Waals surface area contributed by atoms with E-state index in [-0.39, 0.29) is 0 Å². The van der Waals surface area contributed by atoms with Gasteiger partial charge in [-0.2, -0.15) is 0 Å². The van der Waals surface area contributed by atoms with Gasteiger partial charge in [0.25, 0.3) is 0 Å². The van der Waals surface area contributed by atoms with Gasteiger partial charge in [0.1, 0.15) is 0 Å². The van der Waals surface area contributed by atoms with Gasteiger partial charge in [0.15, 0.2) is 0 Å². The molecule has 5 fully saturated rings. The second kappa shape index (κ2) is 5.06. The van der Waals surface area contributed by atoms with Gasteiger partial charge in [-0.05, 0) is 107 Å². The zero-order chi connectivity index (χ0) is 12.7. The molecule has 0 atom stereocenters. The fraction of sp³-hybridized carbons (Fsp3) is 1.00. The van der Waals surface area contributed by atoms with E-state index in [0.29, 0.717) is 0 Å². The lowest BCUT2D eigenvalue weighted by molar-refractivity contribution is -0.0591. The first kappa shape index (κ1) is 12.7. The molecule has 0 aromatic carbocycles. The van der Waals surface area contributed by atoms with Crippen molar-refractivity contribution in [1.29, 1.82) is 0 Å². The molecule has 0 unspecified atom stereocenters. The molecule has 1 heteroatoms. The molecule has 0 N–H and O–H groups in total. The minimum atomic E-state index is 0.824. The minimum absolute atomic E-state index is 0.824. The molecule has 5 aliphatic rings. The van der Waals surface area contributed by atoms with Crippen LogP contribution in [-0.4, -0.2) is 24.5 Å². The highest BCUT2D eigenvalue weighted by Gasteiger charge is 2.50. The van der Waals surface area contributed by atoms with Crippen LogP contribution in [0, 0.1) is 23.2 Å². The Bertz CT molecular complexity index is 280. The van der Waals surface area contributed by atoms with Crippen molar-refractivity contribution in [3.05, 3.63) is 0 Å². The standard InChI is InChI=1S/C18H31N/c1-2-6-19(7-3-1)8-4-5-18-12-15-9-16(13-18)11-17(10-15)14-18/h15-17H,1-14H2. The van der Waals surface area contributed by atoms with Crippen LogP contribution in [0.1, 0.15) is 70.6 Å². The smallest absolute Gasteiger partial charge is 0.00185 e. The molecule has 1 nitrogen and oxygen atoms in total. The lowest BCUT2D eigenvalue weighted by Crippen LogP contribution is -2.46. The van der Waals surface area contributed by atoms with Gasteiger partial charge in [-0.15, -0.1) is 0 Å². The van der Waals surface area contributed by atoms with Crippen LogP contribution >= 0.6 is 0 Å². The highest BCUT2D eigenvalue weighted by molar-refractivity contribution is 5.01. The fourth-order valence-corrected chi connectivity index (χ4v) is 6.46. The normalized spacial score (nSPS) is 45.8. The van der Waals surface area contributed by atoms with Crippen molar-refractivity contribution in [1.82, 2.24) is 4.90 Å². The van der Waals surface area contributed by atoms with Gasteiger partial charge in [0, 0.05) is 0 Å². The van der Waals surface area contributed by atoms with E-state index in [0.717, 1.165) is 23.2 Å². The van der Waals surface area contributed by atoms with Gasteiger partial charge in [0.05, 0.1) is 0 Å². The van der Waals surface area contributed by atoms with E-state index in [2.05, 4.69) is 4.90 Å². The summed E-state index contributed by atoms with van der Waals surface area (Å²) >= 11 is 0. The number of hydrogen-bond acceptors (Lipinski definition) is 1. The molecule has 19 heavy (non-hydrogen) atoms. The van der Waals surface area contributed by atoms with Gasteiger partial charge in [-0.3, -0.25) is 0 Å². The molecule has 0 aromatic heterocycles. The number of likely N-dealkylation sites (tertiary alicyclic amines) is 1. The van der Waals surface area contributed by atoms with Crippen molar-refractivity contribution in [3.8, 4) is 0 Å². The van der Waals surface area contributed by atoms with E-state index in [9.17, 15) is 0 Å². The maximum atomic E-state index is 2.74. The molecule has 4 saturated carbocycles. The van der Waals surface area contributed by atoms with Crippen molar-refractivity contribution >= 4 is 0 Å². The molecule has 1 heterocycles. The van der Waals surface area contributed by atoms with Crippen LogP contribution < -0.4 is 0 Å². The van der Waals surface area contributed by atoms with Crippen LogP contribution in [0.25, 0.3) is 0 Å². The van der Waals surface area contributed by atoms with Crippen LogP contribution in [0.4, 0.5) is 0 Å². The molecular formula is C18H31N. The van der Waals surface area contributed by atoms with Crippen molar-refractivity contribution < 1.29 is 0 Å². The summed E-state index contributed by atoms with van der Waals surface area (Å²) in [4.78, 5) is 2.74. The lowest BCUT2D eigenvalue weighted by atomic mass is 9.48. The summed E-state index contributed by atoms with van der Waals surface area (Å²) in [6.45, 7) is 4.18. The summed E-state index contributed by atoms with van der Waals surface area (Å²) < 4.78 is 0. The fourth-order valence-electron chi connectivity index (χ4n) is 6.46. The van der Waals surface area contributed by atoms with Crippen molar-refractivity contribution in [2.24, 2.45) is 23.2 Å². The monoisotopic (exact) mass is 261 g/mol. The third-order valence-electron chi connectivity index (χ3n) is 6.80. The molecule has 0 amide bonds. The molecular weight excluding hydrogens is 230 g/mol. The van der Waals surface area contributed by atoms with Crippen LogP contribution in [0.15, 0.2) is 0 Å². The average molecular weight is 261 g/mol. The average Bonchev–Trinajstić information content (AvgIpc) is 2.38. The molecule has 1 aliphatic heterocycles. The van der Waals surface area contributed by atoms with Crippen molar-refractivity contribution in [3.63, 3.8) is 0 Å². The van der Waals surface area contributed by atoms with Crippen molar-refractivity contribution in [2.45, 2.75) is 70.6 Å². The Morgan fingerprint density at radius 2 is 1.37 bits per heavy atom. The first-order chi connectivity index (χ1) is 9.31. The molecule has 4 bridgehead atoms. The maximum absolute atomic E-state index is 2.74. The van der Waals surface area contributed by atoms with Gasteiger partial charge >= 0.3 is 0 Å². The second-order valence-corrected chi connectivity index (χ2v) is 8.42. The summed E-state index contributed by atoms with van der Waals surface area (Å²) in [5.74, 6) is 3.42. The quantitative estimate of drug-likeness (QED) is 0.722. The highest BCUT2D eigenvalue weighted by atomic mass is 15.1. The minimum Gasteiger partial charge on any atom is -0.303 e. The summed E-state index contributed by atoms with van der Waals surface area (Å²) in [5, 5.41) is 0. The van der Waals surface area contributed by atoms with Crippen LogP contribution in [0.2, 0.25) is 0 Å². The maximum Gasteiger partial charge on any atom is -0.00185 e. The largest absolute Gasteiger partial charge is 0.303 e. The highest BCUT2D eigenvalue weighted by Crippen LogP contribution is 2.61. The number of hydrogen-bond donors (Lipinski definition) is 0. The molecule has 108 valence electrons. The molecule has 1 saturated heterocycles. The zero-order valence-electron chi connectivity index (χ0n) is 12.6. The van der Waals surface area contributed by atoms with E-state index < -0.39 is 0 Å². The molecule has 5 rings (SSSR count). The third kappa shape index (κ3) is 2.60. The third-order valence-corrected chi connectivity index (χ3v) is 6.80. The predicted molar refractivity (Wildman–Crippen MR) is 80.1 cm³/mol. The van der Waals surface area contributed by atoms with Crippen LogP contribution in [-0.2, 0) is 0 Å². The Hall–Kier alpha value is -0.0400. The first-order valence-electron chi connectivity index (χ1n) is 9.04. The predicted octanol–water partition coefficient (Wildman–Crippen LogP) is 4.47. The Kier molecular flexibility index (Phi) is 3.38. The summed E-state index contributed by atoms with van der Waals surface area (Å²) in [6.07, 6.45) is 17.1. The van der Waals surface area contributed by atoms with Crippen LogP contribution in [0.5, 0.6) is 0 Å². The number of piperidine rings is 1. The van der Waals surface area contributed by atoms with Crippen LogP contribution in [0.3, 0.4) is 0 Å². The first-order valence-corrected chi connectivity index (χ1v) is 9.04. The van der Waals surface area contributed by atoms with Gasteiger partial charge < -0.3 is 4.90 Å². The molecule has 0 aromatic rings. The Morgan fingerprint density at radius 3 is 1.95 bits per heavy atom. The Morgan fingerprint density at radius 1 is 0.789 bits per heavy atom. The van der Waals surface area contributed by atoms with Gasteiger partial charge in [-0.1, -0.05) is 6.42 Å². The van der Waals surface area contributed by atoms with Gasteiger partial charge in [0.2, 0.25) is 0 Å². The van der Waals surface area contributed by atoms with E-state index in [1.165, 1.54) is 45.3 Å². The summed E-state index contributed by atoms with van der Waals surface area (Å²) in [5.41, 5.74) is 0.824. The van der Waals surface area contributed by atoms with Crippen molar-refractivity contribution in [2.75, 3.05) is 19.6 Å². The number of rotatable bonds is 4. The molecule has 0 spiro atoms. The topological polar surface area (TPSA) is 3.24 Å². The Balaban J connectivity index is 1.30. The SMILES string of the molecule is C1CCN(CCCC23CC4CC(CC(C4)C2)C3)CC1. The summed E-state index contributed by atoms with van der Waals surface area (Å²) in [6, 6.07) is 0. The molecule has 0 radical (unpaired) electrons. The second-order valence-electron chi connectivity index (χ2n) is 8.42. The van der Waals surface area contributed by atoms with E-state index in [4.69, 9.17) is 0 Å². The zero-order valence-corrected chi connectivity index (χ0v) is 12.6. The van der Waals surface area contributed by atoms with E-state index >= 15 is 0 Å². The summed E-state index contributed by atoms with van der Waals surface area (Å²) in [7, 11) is 0. The molecule has 4 aliphatic carbocycles. The Labute approximate surface area is 119 Å². The lowest BCUT2D eigenvalue weighted by Gasteiger charge is -2.57. The van der Waals surface area contributed by atoms with Gasteiger partial charge in [-0.25, -0.2) is 0 Å².